The number of H-pyrrole nitrogens is 1. The van der Waals surface area contributed by atoms with Crippen LogP contribution in [0.1, 0.15) is 11.4 Å². The number of aryl methyl sites for hydroxylation is 1. The maximum atomic E-state index is 11.9. The summed E-state index contributed by atoms with van der Waals surface area (Å²) in [5.74, 6) is 1.03. The first-order valence-corrected chi connectivity index (χ1v) is 6.23. The Morgan fingerprint density at radius 1 is 1.30 bits per heavy atom. The lowest BCUT2D eigenvalue weighted by molar-refractivity contribution is -0.115. The number of fused-ring (bicyclic) bond motifs is 1. The third-order valence-corrected chi connectivity index (χ3v) is 2.85. The highest BCUT2D eigenvalue weighted by molar-refractivity contribution is 5.91. The molecule has 0 saturated carbocycles. The molecule has 1 amide bonds. The molecule has 0 fully saturated rings. The molecule has 0 aliphatic carbocycles. The highest BCUT2D eigenvalue weighted by Crippen LogP contribution is 2.14. The largest absolute Gasteiger partial charge is 0.342 e. The van der Waals surface area contributed by atoms with Crippen molar-refractivity contribution in [3.05, 3.63) is 48.0 Å². The zero-order valence-corrected chi connectivity index (χ0v) is 10.9. The quantitative estimate of drug-likeness (QED) is 0.758. The average molecular weight is 267 g/mol. The van der Waals surface area contributed by atoms with Crippen LogP contribution < -0.4 is 5.32 Å². The van der Waals surface area contributed by atoms with Crippen molar-refractivity contribution in [1.29, 1.82) is 0 Å². The van der Waals surface area contributed by atoms with Crippen LogP contribution in [0.4, 0.5) is 5.95 Å². The van der Waals surface area contributed by atoms with Crippen LogP contribution in [0.15, 0.2) is 36.7 Å². The molecule has 6 heteroatoms. The molecule has 3 aromatic rings. The summed E-state index contributed by atoms with van der Waals surface area (Å²) >= 11 is 0. The molecule has 2 heterocycles. The molecule has 20 heavy (non-hydrogen) atoms. The Labute approximate surface area is 115 Å². The van der Waals surface area contributed by atoms with Gasteiger partial charge in [0.15, 0.2) is 0 Å². The fourth-order valence-corrected chi connectivity index (χ4v) is 2.01. The molecule has 0 saturated heterocycles. The third-order valence-electron chi connectivity index (χ3n) is 2.85. The van der Waals surface area contributed by atoms with Gasteiger partial charge in [-0.25, -0.2) is 15.0 Å². The molecule has 3 rings (SSSR count). The van der Waals surface area contributed by atoms with Crippen LogP contribution in [-0.4, -0.2) is 25.8 Å². The van der Waals surface area contributed by atoms with Gasteiger partial charge in [0.1, 0.15) is 5.82 Å². The van der Waals surface area contributed by atoms with Crippen molar-refractivity contribution in [2.45, 2.75) is 13.3 Å². The summed E-state index contributed by atoms with van der Waals surface area (Å²) in [7, 11) is 0. The molecule has 0 unspecified atom stereocenters. The number of rotatable bonds is 3. The van der Waals surface area contributed by atoms with E-state index >= 15 is 0 Å². The molecule has 100 valence electrons. The lowest BCUT2D eigenvalue weighted by atomic mass is 10.1. The number of amides is 1. The van der Waals surface area contributed by atoms with Crippen LogP contribution in [0.2, 0.25) is 0 Å². The predicted octanol–water partition coefficient (Wildman–Crippen LogP) is 1.84. The smallest absolute Gasteiger partial charge is 0.231 e. The van der Waals surface area contributed by atoms with E-state index in [-0.39, 0.29) is 12.3 Å². The molecule has 0 atom stereocenters. The van der Waals surface area contributed by atoms with Crippen LogP contribution >= 0.6 is 0 Å². The fraction of sp³-hybridized carbons (Fsp3) is 0.143. The predicted molar refractivity (Wildman–Crippen MR) is 75.2 cm³/mol. The molecular weight excluding hydrogens is 254 g/mol. The topological polar surface area (TPSA) is 83.6 Å². The molecule has 1 aromatic carbocycles. The molecule has 0 radical (unpaired) electrons. The van der Waals surface area contributed by atoms with E-state index in [1.807, 2.05) is 25.1 Å². The fourth-order valence-electron chi connectivity index (χ4n) is 2.01. The number of aromatic amines is 1. The van der Waals surface area contributed by atoms with E-state index in [1.54, 1.807) is 18.5 Å². The summed E-state index contributed by atoms with van der Waals surface area (Å²) in [6.45, 7) is 1.90. The minimum atomic E-state index is -0.146. The average Bonchev–Trinajstić information content (AvgIpc) is 2.79. The highest BCUT2D eigenvalue weighted by atomic mass is 16.1. The first-order chi connectivity index (χ1) is 9.70. The SMILES string of the molecule is Cc1nc2ccc(CC(=O)Nc3ncccn3)cc2[nH]1. The van der Waals surface area contributed by atoms with Gasteiger partial charge in [-0.3, -0.25) is 10.1 Å². The number of aromatic nitrogens is 4. The van der Waals surface area contributed by atoms with Gasteiger partial charge in [-0.15, -0.1) is 0 Å². The third kappa shape index (κ3) is 2.64. The van der Waals surface area contributed by atoms with Crippen LogP contribution in [0, 0.1) is 6.92 Å². The van der Waals surface area contributed by atoms with E-state index in [2.05, 4.69) is 25.3 Å². The summed E-state index contributed by atoms with van der Waals surface area (Å²) in [4.78, 5) is 27.3. The van der Waals surface area contributed by atoms with Gasteiger partial charge < -0.3 is 4.98 Å². The number of hydrogen-bond donors (Lipinski definition) is 2. The number of carbonyl (C=O) groups excluding carboxylic acids is 1. The molecule has 0 aliphatic rings. The molecule has 6 nitrogen and oxygen atoms in total. The van der Waals surface area contributed by atoms with Crippen molar-refractivity contribution >= 4 is 22.9 Å². The van der Waals surface area contributed by atoms with Crippen molar-refractivity contribution in [2.75, 3.05) is 5.32 Å². The number of anilines is 1. The Bertz CT molecular complexity index is 751. The van der Waals surface area contributed by atoms with Crippen LogP contribution in [0.5, 0.6) is 0 Å². The van der Waals surface area contributed by atoms with Gasteiger partial charge in [-0.1, -0.05) is 6.07 Å². The van der Waals surface area contributed by atoms with Gasteiger partial charge in [0.2, 0.25) is 11.9 Å². The maximum Gasteiger partial charge on any atom is 0.231 e. The Morgan fingerprint density at radius 3 is 2.90 bits per heavy atom. The van der Waals surface area contributed by atoms with Crippen molar-refractivity contribution < 1.29 is 4.79 Å². The highest BCUT2D eigenvalue weighted by Gasteiger charge is 2.07. The lowest BCUT2D eigenvalue weighted by Crippen LogP contribution is -2.16. The summed E-state index contributed by atoms with van der Waals surface area (Å²) in [6, 6.07) is 7.43. The number of benzene rings is 1. The van der Waals surface area contributed by atoms with Crippen molar-refractivity contribution in [3.63, 3.8) is 0 Å². The molecule has 0 spiro atoms. The van der Waals surface area contributed by atoms with Gasteiger partial charge in [0, 0.05) is 12.4 Å². The lowest BCUT2D eigenvalue weighted by Gasteiger charge is -2.03. The van der Waals surface area contributed by atoms with Gasteiger partial charge >= 0.3 is 0 Å². The van der Waals surface area contributed by atoms with E-state index in [0.29, 0.717) is 5.95 Å². The molecule has 2 aromatic heterocycles. The molecule has 2 N–H and O–H groups in total. The van der Waals surface area contributed by atoms with Crippen molar-refractivity contribution in [2.24, 2.45) is 0 Å². The molecular formula is C14H13N5O. The van der Waals surface area contributed by atoms with Crippen molar-refractivity contribution in [3.8, 4) is 0 Å². The Kier molecular flexibility index (Phi) is 3.12. The van der Waals surface area contributed by atoms with Gasteiger partial charge in [0.05, 0.1) is 17.5 Å². The van der Waals surface area contributed by atoms with Gasteiger partial charge in [-0.2, -0.15) is 0 Å². The van der Waals surface area contributed by atoms with E-state index in [1.165, 1.54) is 0 Å². The molecule has 0 aliphatic heterocycles. The Hall–Kier alpha value is -2.76. The van der Waals surface area contributed by atoms with Crippen LogP contribution in [-0.2, 0) is 11.2 Å². The number of nitrogens with zero attached hydrogens (tertiary/aromatic N) is 3. The summed E-state index contributed by atoms with van der Waals surface area (Å²) < 4.78 is 0. The van der Waals surface area contributed by atoms with Gasteiger partial charge in [-0.05, 0) is 30.7 Å². The van der Waals surface area contributed by atoms with Gasteiger partial charge in [0.25, 0.3) is 0 Å². The molecule has 0 bridgehead atoms. The Morgan fingerprint density at radius 2 is 2.10 bits per heavy atom. The van der Waals surface area contributed by atoms with Crippen LogP contribution in [0.3, 0.4) is 0 Å². The second-order valence-electron chi connectivity index (χ2n) is 4.47. The normalized spacial score (nSPS) is 10.7. The Balaban J connectivity index is 1.74. The minimum Gasteiger partial charge on any atom is -0.342 e. The van der Waals surface area contributed by atoms with Crippen molar-refractivity contribution in [1.82, 2.24) is 19.9 Å². The summed E-state index contributed by atoms with van der Waals surface area (Å²) in [5, 5.41) is 2.66. The second-order valence-corrected chi connectivity index (χ2v) is 4.47. The van der Waals surface area contributed by atoms with E-state index in [0.717, 1.165) is 22.4 Å². The zero-order chi connectivity index (χ0) is 13.9. The number of nitrogens with one attached hydrogen (secondary N) is 2. The summed E-state index contributed by atoms with van der Waals surface area (Å²) in [6.07, 6.45) is 3.44. The van der Waals surface area contributed by atoms with E-state index in [4.69, 9.17) is 0 Å². The number of imidazole rings is 1. The first-order valence-electron chi connectivity index (χ1n) is 6.23. The van der Waals surface area contributed by atoms with Crippen LogP contribution in [0.25, 0.3) is 11.0 Å². The van der Waals surface area contributed by atoms with E-state index in [9.17, 15) is 4.79 Å². The first kappa shape index (κ1) is 12.3. The summed E-state index contributed by atoms with van der Waals surface area (Å²) in [5.41, 5.74) is 2.75. The second kappa shape index (κ2) is 5.08. The monoisotopic (exact) mass is 267 g/mol. The number of carbonyl (C=O) groups is 1. The van der Waals surface area contributed by atoms with E-state index < -0.39 is 0 Å². The standard InChI is InChI=1S/C14H13N5O/c1-9-17-11-4-3-10(7-12(11)18-9)8-13(20)19-14-15-5-2-6-16-14/h2-7H,8H2,1H3,(H,17,18)(H,15,16,19,20). The maximum absolute atomic E-state index is 11.9. The number of hydrogen-bond acceptors (Lipinski definition) is 4. The minimum absolute atomic E-state index is 0.146. The zero-order valence-electron chi connectivity index (χ0n) is 10.9.